The molecule has 4 rings (SSSR count). The van der Waals surface area contributed by atoms with Crippen LogP contribution in [0.1, 0.15) is 23.7 Å². The number of hydrogen-bond acceptors (Lipinski definition) is 4. The van der Waals surface area contributed by atoms with Crippen molar-refractivity contribution in [3.8, 4) is 11.5 Å². The summed E-state index contributed by atoms with van der Waals surface area (Å²) >= 11 is 0. The number of benzene rings is 1. The molecule has 0 bridgehead atoms. The minimum absolute atomic E-state index is 0.0159. The molecule has 1 N–H and O–H groups in total. The molecule has 1 aliphatic carbocycles. The first-order chi connectivity index (χ1) is 12.2. The van der Waals surface area contributed by atoms with Crippen molar-refractivity contribution in [2.24, 2.45) is 5.92 Å². The van der Waals surface area contributed by atoms with Crippen LogP contribution in [0.5, 0.6) is 11.5 Å². The Morgan fingerprint density at radius 2 is 2.20 bits per heavy atom. The van der Waals surface area contributed by atoms with Crippen molar-refractivity contribution < 1.29 is 13.9 Å². The average molecular weight is 334 g/mol. The van der Waals surface area contributed by atoms with Crippen molar-refractivity contribution in [2.45, 2.75) is 19.3 Å². The lowest BCUT2D eigenvalue weighted by atomic mass is 10.2. The van der Waals surface area contributed by atoms with Crippen molar-refractivity contribution in [1.82, 2.24) is 4.98 Å². The molecule has 1 amide bonds. The summed E-state index contributed by atoms with van der Waals surface area (Å²) < 4.78 is 11.2. The number of amides is 1. The lowest BCUT2D eigenvalue weighted by molar-refractivity contribution is -0.117. The summed E-state index contributed by atoms with van der Waals surface area (Å²) in [7, 11) is 0. The second kappa shape index (κ2) is 6.43. The van der Waals surface area contributed by atoms with E-state index in [4.69, 9.17) is 9.15 Å². The lowest BCUT2D eigenvalue weighted by Gasteiger charge is -2.11. The number of hydrogen-bond donors (Lipinski definition) is 1. The van der Waals surface area contributed by atoms with Crippen LogP contribution in [0.4, 0.5) is 5.69 Å². The molecule has 2 heterocycles. The molecule has 0 spiro atoms. The van der Waals surface area contributed by atoms with E-state index >= 15 is 0 Å². The molecule has 2 unspecified atom stereocenters. The molecule has 0 saturated heterocycles. The third-order valence-corrected chi connectivity index (χ3v) is 4.34. The monoisotopic (exact) mass is 334 g/mol. The summed E-state index contributed by atoms with van der Waals surface area (Å²) in [5.74, 6) is 2.52. The van der Waals surface area contributed by atoms with E-state index in [1.54, 1.807) is 18.7 Å². The molecule has 2 atom stereocenters. The predicted molar refractivity (Wildman–Crippen MR) is 93.7 cm³/mol. The minimum Gasteiger partial charge on any atom is -0.469 e. The highest BCUT2D eigenvalue weighted by molar-refractivity contribution is 5.95. The van der Waals surface area contributed by atoms with Gasteiger partial charge in [0.05, 0.1) is 12.5 Å². The Bertz CT molecular complexity index is 875. The van der Waals surface area contributed by atoms with Gasteiger partial charge in [-0.3, -0.25) is 9.78 Å². The molecule has 3 aromatic rings. The van der Waals surface area contributed by atoms with E-state index < -0.39 is 0 Å². The molecule has 5 nitrogen and oxygen atoms in total. The van der Waals surface area contributed by atoms with E-state index in [0.29, 0.717) is 5.75 Å². The maximum absolute atomic E-state index is 12.4. The number of rotatable bonds is 5. The Kier molecular flexibility index (Phi) is 3.98. The van der Waals surface area contributed by atoms with Crippen LogP contribution in [0.2, 0.25) is 0 Å². The molecule has 1 fully saturated rings. The smallest absolute Gasteiger partial charge is 0.228 e. The molecule has 1 saturated carbocycles. The fraction of sp³-hybridized carbons (Fsp3) is 0.200. The van der Waals surface area contributed by atoms with E-state index in [1.807, 2.05) is 49.4 Å². The summed E-state index contributed by atoms with van der Waals surface area (Å²) in [4.78, 5) is 16.4. The fourth-order valence-corrected chi connectivity index (χ4v) is 2.91. The first-order valence-corrected chi connectivity index (χ1v) is 8.23. The Balaban J connectivity index is 1.40. The summed E-state index contributed by atoms with van der Waals surface area (Å²) in [5.41, 5.74) is 1.71. The van der Waals surface area contributed by atoms with Gasteiger partial charge in [-0.05, 0) is 61.4 Å². The van der Waals surface area contributed by atoms with Crippen LogP contribution < -0.4 is 10.1 Å². The van der Waals surface area contributed by atoms with Gasteiger partial charge in [0.2, 0.25) is 5.91 Å². The number of nitrogens with zero attached hydrogens (tertiary/aromatic N) is 1. The maximum Gasteiger partial charge on any atom is 0.228 e. The molecule has 0 radical (unpaired) electrons. The number of pyridine rings is 1. The van der Waals surface area contributed by atoms with Gasteiger partial charge in [-0.15, -0.1) is 0 Å². The normalized spacial score (nSPS) is 18.6. The highest BCUT2D eigenvalue weighted by Crippen LogP contribution is 2.48. The number of nitrogens with one attached hydrogen (secondary N) is 1. The lowest BCUT2D eigenvalue weighted by Crippen LogP contribution is -2.14. The van der Waals surface area contributed by atoms with Crippen LogP contribution in [0.3, 0.4) is 0 Å². The quantitative estimate of drug-likeness (QED) is 0.745. The van der Waals surface area contributed by atoms with Crippen LogP contribution in [0, 0.1) is 12.8 Å². The molecule has 1 aliphatic rings. The van der Waals surface area contributed by atoms with Crippen molar-refractivity contribution >= 4 is 11.6 Å². The largest absolute Gasteiger partial charge is 0.469 e. The van der Waals surface area contributed by atoms with Crippen LogP contribution >= 0.6 is 0 Å². The van der Waals surface area contributed by atoms with Crippen LogP contribution in [-0.4, -0.2) is 10.9 Å². The Morgan fingerprint density at radius 3 is 2.92 bits per heavy atom. The zero-order valence-corrected chi connectivity index (χ0v) is 13.8. The van der Waals surface area contributed by atoms with Crippen molar-refractivity contribution in [1.29, 1.82) is 0 Å². The first-order valence-electron chi connectivity index (χ1n) is 8.23. The summed E-state index contributed by atoms with van der Waals surface area (Å²) in [6, 6.07) is 13.1. The number of carbonyl (C=O) groups excluding carboxylic acids is 1. The average Bonchev–Trinajstić information content (AvgIpc) is 3.24. The molecule has 126 valence electrons. The van der Waals surface area contributed by atoms with Gasteiger partial charge < -0.3 is 14.5 Å². The SMILES string of the molecule is Cc1cc(NC(=O)C2CC2c2ccco2)ccc1Oc1cccnc1. The Hall–Kier alpha value is -3.08. The van der Waals surface area contributed by atoms with Crippen molar-refractivity contribution in [2.75, 3.05) is 5.32 Å². The molecule has 2 aromatic heterocycles. The zero-order chi connectivity index (χ0) is 17.2. The maximum atomic E-state index is 12.4. The third kappa shape index (κ3) is 3.40. The highest BCUT2D eigenvalue weighted by atomic mass is 16.5. The molecule has 25 heavy (non-hydrogen) atoms. The number of anilines is 1. The van der Waals surface area contributed by atoms with Crippen molar-refractivity contribution in [3.63, 3.8) is 0 Å². The summed E-state index contributed by atoms with van der Waals surface area (Å²) in [6.45, 7) is 1.95. The van der Waals surface area contributed by atoms with Gasteiger partial charge in [-0.25, -0.2) is 0 Å². The van der Waals surface area contributed by atoms with Gasteiger partial charge in [-0.1, -0.05) is 0 Å². The van der Waals surface area contributed by atoms with Gasteiger partial charge in [0.25, 0.3) is 0 Å². The third-order valence-electron chi connectivity index (χ3n) is 4.34. The van der Waals surface area contributed by atoms with E-state index in [-0.39, 0.29) is 17.7 Å². The standard InChI is InChI=1S/C20H18N2O3/c1-13-10-14(6-7-18(13)25-15-4-2-8-21-12-15)22-20(23)17-11-16(17)19-5-3-9-24-19/h2-10,12,16-17H,11H2,1H3,(H,22,23). The Morgan fingerprint density at radius 1 is 1.28 bits per heavy atom. The summed E-state index contributed by atoms with van der Waals surface area (Å²) in [6.07, 6.45) is 5.84. The van der Waals surface area contributed by atoms with Crippen LogP contribution in [0.25, 0.3) is 0 Å². The molecule has 0 aliphatic heterocycles. The van der Waals surface area contributed by atoms with Gasteiger partial charge in [0, 0.05) is 23.7 Å². The van der Waals surface area contributed by atoms with E-state index in [9.17, 15) is 4.79 Å². The fourth-order valence-electron chi connectivity index (χ4n) is 2.91. The molecule has 5 heteroatoms. The van der Waals surface area contributed by atoms with Crippen LogP contribution in [-0.2, 0) is 4.79 Å². The van der Waals surface area contributed by atoms with Gasteiger partial charge in [-0.2, -0.15) is 0 Å². The topological polar surface area (TPSA) is 64.4 Å². The minimum atomic E-state index is -0.0159. The number of aryl methyl sites for hydroxylation is 1. The second-order valence-corrected chi connectivity index (χ2v) is 6.22. The van der Waals surface area contributed by atoms with Gasteiger partial charge in [0.1, 0.15) is 17.3 Å². The molecular formula is C20H18N2O3. The van der Waals surface area contributed by atoms with E-state index in [0.717, 1.165) is 29.2 Å². The highest BCUT2D eigenvalue weighted by Gasteiger charge is 2.45. The second-order valence-electron chi connectivity index (χ2n) is 6.22. The van der Waals surface area contributed by atoms with Gasteiger partial charge >= 0.3 is 0 Å². The number of aromatic nitrogens is 1. The van der Waals surface area contributed by atoms with Gasteiger partial charge in [0.15, 0.2) is 0 Å². The Labute approximate surface area is 145 Å². The molecule has 1 aromatic carbocycles. The van der Waals surface area contributed by atoms with Crippen LogP contribution in [0.15, 0.2) is 65.5 Å². The molecular weight excluding hydrogens is 316 g/mol. The number of carbonyl (C=O) groups is 1. The number of furan rings is 1. The predicted octanol–water partition coefficient (Wildman–Crippen LogP) is 4.52. The van der Waals surface area contributed by atoms with E-state index in [2.05, 4.69) is 10.3 Å². The number of ether oxygens (including phenoxy) is 1. The zero-order valence-electron chi connectivity index (χ0n) is 13.8. The summed E-state index contributed by atoms with van der Waals surface area (Å²) in [5, 5.41) is 2.98. The van der Waals surface area contributed by atoms with Crippen molar-refractivity contribution in [3.05, 3.63) is 72.4 Å². The first kappa shape index (κ1) is 15.4. The van der Waals surface area contributed by atoms with E-state index in [1.165, 1.54) is 0 Å².